The summed E-state index contributed by atoms with van der Waals surface area (Å²) < 4.78 is 29.7. The third kappa shape index (κ3) is 9.65. The zero-order chi connectivity index (χ0) is 37.6. The largest absolute Gasteiger partial charge is 0.468 e. The van der Waals surface area contributed by atoms with Gasteiger partial charge in [-0.1, -0.05) is 50.1 Å². The van der Waals surface area contributed by atoms with Gasteiger partial charge in [0, 0.05) is 23.2 Å². The second-order valence-corrected chi connectivity index (χ2v) is 17.2. The number of hydrogen-bond acceptors (Lipinski definition) is 10. The molecule has 0 unspecified atom stereocenters. The highest BCUT2D eigenvalue weighted by molar-refractivity contribution is 8.00. The monoisotopic (exact) mass is 728 g/mol. The summed E-state index contributed by atoms with van der Waals surface area (Å²) in [6.07, 6.45) is 16.8. The van der Waals surface area contributed by atoms with E-state index in [9.17, 15) is 19.2 Å². The molecule has 0 radical (unpaired) electrons. The van der Waals surface area contributed by atoms with Crippen molar-refractivity contribution in [3.05, 3.63) is 47.1 Å². The van der Waals surface area contributed by atoms with E-state index in [2.05, 4.69) is 24.3 Å². The summed E-state index contributed by atoms with van der Waals surface area (Å²) >= 11 is 1.63. The van der Waals surface area contributed by atoms with E-state index in [-0.39, 0.29) is 42.5 Å². The van der Waals surface area contributed by atoms with Crippen LogP contribution in [0.25, 0.3) is 0 Å². The third-order valence-electron chi connectivity index (χ3n) is 10.5. The lowest BCUT2D eigenvalue weighted by Gasteiger charge is -2.46. The SMILES string of the molecule is C/C=C/CCCCC[C@H]1C=C2[C@@H](SCC)[C@@H](C3=C(C[C@@]2(CC(=O)OC(C)(C)C)C(=O)OC)C(=O)OC3=O)[C@@H]1C[C@@H]1OC(C)(C)O[C@H]1CC/C=C/C. The summed E-state index contributed by atoms with van der Waals surface area (Å²) in [6.45, 7) is 15.3. The van der Waals surface area contributed by atoms with Gasteiger partial charge < -0.3 is 23.7 Å². The maximum atomic E-state index is 14.2. The van der Waals surface area contributed by atoms with Gasteiger partial charge in [-0.2, -0.15) is 11.8 Å². The van der Waals surface area contributed by atoms with Crippen molar-refractivity contribution in [3.8, 4) is 0 Å². The summed E-state index contributed by atoms with van der Waals surface area (Å²) in [5.74, 6) is -3.37. The molecule has 1 fully saturated rings. The number of carbonyl (C=O) groups excluding carboxylic acids is 4. The maximum Gasteiger partial charge on any atom is 0.342 e. The average molecular weight is 729 g/mol. The van der Waals surface area contributed by atoms with Gasteiger partial charge >= 0.3 is 23.9 Å². The van der Waals surface area contributed by atoms with Gasteiger partial charge in [-0.15, -0.1) is 0 Å². The van der Waals surface area contributed by atoms with Crippen LogP contribution < -0.4 is 0 Å². The molecule has 10 heteroatoms. The van der Waals surface area contributed by atoms with Crippen LogP contribution in [0.5, 0.6) is 0 Å². The lowest BCUT2D eigenvalue weighted by molar-refractivity contribution is -0.165. The molecule has 0 aromatic heterocycles. The van der Waals surface area contributed by atoms with E-state index in [1.165, 1.54) is 7.11 Å². The molecule has 2 bridgehead atoms. The van der Waals surface area contributed by atoms with Crippen molar-refractivity contribution >= 4 is 35.6 Å². The topological polar surface area (TPSA) is 114 Å². The molecule has 284 valence electrons. The molecular formula is C41H60O9S. The zero-order valence-electron chi connectivity index (χ0n) is 32.2. The quantitative estimate of drug-likeness (QED) is 0.0505. The van der Waals surface area contributed by atoms with Gasteiger partial charge in [0.15, 0.2) is 5.79 Å². The van der Waals surface area contributed by atoms with E-state index in [0.717, 1.165) is 50.5 Å². The predicted octanol–water partition coefficient (Wildman–Crippen LogP) is 8.36. The second-order valence-electron chi connectivity index (χ2n) is 15.7. The number of thioether (sulfide) groups is 1. The Balaban J connectivity index is 1.91. The van der Waals surface area contributed by atoms with Gasteiger partial charge in [-0.3, -0.25) is 9.59 Å². The van der Waals surface area contributed by atoms with Crippen molar-refractivity contribution in [2.24, 2.45) is 23.2 Å². The van der Waals surface area contributed by atoms with Crippen molar-refractivity contribution in [2.45, 2.75) is 148 Å². The highest BCUT2D eigenvalue weighted by Gasteiger charge is 2.61. The minimum absolute atomic E-state index is 0.0815. The molecule has 2 aliphatic heterocycles. The van der Waals surface area contributed by atoms with Crippen LogP contribution in [-0.2, 0) is 42.9 Å². The van der Waals surface area contributed by atoms with E-state index >= 15 is 0 Å². The van der Waals surface area contributed by atoms with Crippen LogP contribution in [0.3, 0.4) is 0 Å². The van der Waals surface area contributed by atoms with Crippen LogP contribution in [0.4, 0.5) is 0 Å². The first-order chi connectivity index (χ1) is 24.1. The van der Waals surface area contributed by atoms with Gasteiger partial charge in [0.05, 0.1) is 31.3 Å². The van der Waals surface area contributed by atoms with Crippen molar-refractivity contribution in [1.82, 2.24) is 0 Å². The molecule has 4 rings (SSSR count). The first kappa shape index (κ1) is 41.1. The lowest BCUT2D eigenvalue weighted by Crippen LogP contribution is -2.47. The number of unbranched alkanes of at least 4 members (excludes halogenated alkanes) is 3. The fourth-order valence-electron chi connectivity index (χ4n) is 8.55. The highest BCUT2D eigenvalue weighted by atomic mass is 32.2. The van der Waals surface area contributed by atoms with E-state index in [4.69, 9.17) is 23.7 Å². The van der Waals surface area contributed by atoms with Crippen molar-refractivity contribution in [1.29, 1.82) is 0 Å². The standard InChI is InChI=1S/C41H60O9S/c1-10-13-15-16-17-19-20-26-22-29-35(51-12-3)33(27(26)23-31-30(21-18-14-11-2)48-40(7,8)49-31)34-28(36(43)47-37(34)44)24-41(29,38(45)46-9)25-32(42)50-39(4,5)6/h10-11,13-14,22,26-27,30-31,33,35H,12,15-21,23-25H2,1-9H3/b13-10+,14-11+/t26-,27+,30-,31-,33+,35+,41-/m0/s1. The molecule has 0 spiro atoms. The van der Waals surface area contributed by atoms with Crippen molar-refractivity contribution < 1.29 is 42.9 Å². The van der Waals surface area contributed by atoms with Crippen LogP contribution in [0, 0.1) is 23.2 Å². The van der Waals surface area contributed by atoms with Gasteiger partial charge in [0.1, 0.15) is 11.0 Å². The number of fused-ring (bicyclic) bond motifs is 3. The molecule has 9 nitrogen and oxygen atoms in total. The first-order valence-electron chi connectivity index (χ1n) is 18.8. The summed E-state index contributed by atoms with van der Waals surface area (Å²) in [6, 6.07) is 0. The van der Waals surface area contributed by atoms with E-state index in [1.807, 2.05) is 40.7 Å². The van der Waals surface area contributed by atoms with Crippen LogP contribution in [0.15, 0.2) is 47.1 Å². The average Bonchev–Trinajstić information content (AvgIpc) is 3.46. The molecule has 7 atom stereocenters. The summed E-state index contributed by atoms with van der Waals surface area (Å²) in [5.41, 5.74) is -1.11. The number of allylic oxidation sites excluding steroid dienone is 5. The zero-order valence-corrected chi connectivity index (χ0v) is 33.0. The highest BCUT2D eigenvalue weighted by Crippen LogP contribution is 2.59. The molecule has 0 aromatic rings. The number of hydrogen-bond donors (Lipinski definition) is 0. The number of rotatable bonds is 16. The van der Waals surface area contributed by atoms with E-state index < -0.39 is 51.8 Å². The Kier molecular flexibility index (Phi) is 14.0. The first-order valence-corrected chi connectivity index (χ1v) is 19.9. The Morgan fingerprint density at radius 3 is 2.31 bits per heavy atom. The molecule has 51 heavy (non-hydrogen) atoms. The van der Waals surface area contributed by atoms with Crippen molar-refractivity contribution in [3.63, 3.8) is 0 Å². The normalized spacial score (nSPS) is 30.4. The Hall–Kier alpha value is -2.69. The molecular weight excluding hydrogens is 669 g/mol. The van der Waals surface area contributed by atoms with Gasteiger partial charge in [-0.25, -0.2) is 9.59 Å². The number of esters is 4. The third-order valence-corrected chi connectivity index (χ3v) is 11.7. The number of carbonyl (C=O) groups is 4. The molecule has 1 saturated heterocycles. The molecule has 4 aliphatic rings. The van der Waals surface area contributed by atoms with E-state index in [1.54, 1.807) is 32.5 Å². The maximum absolute atomic E-state index is 14.2. The van der Waals surface area contributed by atoms with Gasteiger partial charge in [-0.05, 0) is 110 Å². The predicted molar refractivity (Wildman–Crippen MR) is 199 cm³/mol. The molecule has 2 aliphatic carbocycles. The smallest absolute Gasteiger partial charge is 0.342 e. The van der Waals surface area contributed by atoms with Crippen LogP contribution in [0.1, 0.15) is 120 Å². The fraction of sp³-hybridized carbons (Fsp3) is 0.707. The van der Waals surface area contributed by atoms with Crippen molar-refractivity contribution in [2.75, 3.05) is 12.9 Å². The van der Waals surface area contributed by atoms with Gasteiger partial charge in [0.25, 0.3) is 0 Å². The summed E-state index contributed by atoms with van der Waals surface area (Å²) in [7, 11) is 1.30. The fourth-order valence-corrected chi connectivity index (χ4v) is 9.93. The lowest BCUT2D eigenvalue weighted by atomic mass is 9.62. The second kappa shape index (κ2) is 17.4. The van der Waals surface area contributed by atoms with E-state index in [0.29, 0.717) is 17.7 Å². The number of cyclic esters (lactones) is 2. The minimum atomic E-state index is -1.55. The Morgan fingerprint density at radius 2 is 1.67 bits per heavy atom. The summed E-state index contributed by atoms with van der Waals surface area (Å²) in [4.78, 5) is 55.4. The molecule has 0 saturated carbocycles. The number of ether oxygens (including phenoxy) is 5. The summed E-state index contributed by atoms with van der Waals surface area (Å²) in [5, 5.41) is -0.393. The van der Waals surface area contributed by atoms with Gasteiger partial charge in [0.2, 0.25) is 0 Å². The minimum Gasteiger partial charge on any atom is -0.468 e. The Bertz CT molecular complexity index is 1420. The Labute approximate surface area is 309 Å². The molecule has 0 aromatic carbocycles. The molecule has 0 N–H and O–H groups in total. The Morgan fingerprint density at radius 1 is 0.980 bits per heavy atom. The van der Waals surface area contributed by atoms with Crippen LogP contribution >= 0.6 is 11.8 Å². The van der Waals surface area contributed by atoms with Crippen LogP contribution in [0.2, 0.25) is 0 Å². The molecule has 0 amide bonds. The van der Waals surface area contributed by atoms with Crippen LogP contribution in [-0.4, -0.2) is 65.6 Å². The number of methoxy groups -OCH3 is 1. The molecule has 2 heterocycles.